The molecule has 0 bridgehead atoms. The number of hydrogen-bond acceptors (Lipinski definition) is 4. The molecule has 0 aromatic heterocycles. The number of allylic oxidation sites excluding steroid dienone is 3. The van der Waals surface area contributed by atoms with Crippen LogP contribution in [0.3, 0.4) is 0 Å². The summed E-state index contributed by atoms with van der Waals surface area (Å²) in [5.74, 6) is -0.396. The van der Waals surface area contributed by atoms with Crippen LogP contribution in [0.1, 0.15) is 18.9 Å². The molecule has 4 rings (SSSR count). The second-order valence-electron chi connectivity index (χ2n) is 6.21. The SMILES string of the molecule is CC(=O)N1N=C(C2=CC(F)C=CC2F)SC12CCOc1ccc(F)cc12. The van der Waals surface area contributed by atoms with Gasteiger partial charge in [-0.25, -0.2) is 18.2 Å². The maximum atomic E-state index is 14.3. The second kappa shape index (κ2) is 6.19. The van der Waals surface area contributed by atoms with E-state index in [1.54, 1.807) is 0 Å². The predicted molar refractivity (Wildman–Crippen MR) is 92.8 cm³/mol. The largest absolute Gasteiger partial charge is 0.493 e. The van der Waals surface area contributed by atoms with Crippen LogP contribution < -0.4 is 4.74 Å². The number of nitrogens with zero attached hydrogens (tertiary/aromatic N) is 2. The first-order chi connectivity index (χ1) is 12.4. The van der Waals surface area contributed by atoms with E-state index in [0.29, 0.717) is 24.3 Å². The molecule has 2 heterocycles. The molecule has 26 heavy (non-hydrogen) atoms. The summed E-state index contributed by atoms with van der Waals surface area (Å²) in [5.41, 5.74) is 0.541. The van der Waals surface area contributed by atoms with Crippen molar-refractivity contribution in [3.05, 3.63) is 53.4 Å². The number of carbonyl (C=O) groups is 1. The molecule has 0 radical (unpaired) electrons. The third-order valence-corrected chi connectivity index (χ3v) is 5.95. The Morgan fingerprint density at radius 3 is 2.96 bits per heavy atom. The number of rotatable bonds is 1. The third kappa shape index (κ3) is 2.63. The molecule has 4 nitrogen and oxygen atoms in total. The third-order valence-electron chi connectivity index (χ3n) is 4.50. The first-order valence-corrected chi connectivity index (χ1v) is 8.92. The van der Waals surface area contributed by atoms with Gasteiger partial charge >= 0.3 is 0 Å². The molecule has 1 aromatic carbocycles. The summed E-state index contributed by atoms with van der Waals surface area (Å²) < 4.78 is 47.5. The fourth-order valence-corrected chi connectivity index (χ4v) is 4.80. The molecular formula is C18H15F3N2O2S. The maximum Gasteiger partial charge on any atom is 0.241 e. The van der Waals surface area contributed by atoms with Crippen molar-refractivity contribution in [1.82, 2.24) is 5.01 Å². The number of alkyl halides is 2. The second-order valence-corrected chi connectivity index (χ2v) is 7.48. The molecule has 136 valence electrons. The Kier molecular flexibility index (Phi) is 4.10. The van der Waals surface area contributed by atoms with E-state index in [4.69, 9.17) is 4.74 Å². The highest BCUT2D eigenvalue weighted by Crippen LogP contribution is 2.54. The fourth-order valence-electron chi connectivity index (χ4n) is 3.35. The van der Waals surface area contributed by atoms with Crippen molar-refractivity contribution in [2.45, 2.75) is 30.6 Å². The van der Waals surface area contributed by atoms with Gasteiger partial charge in [-0.1, -0.05) is 11.8 Å². The number of thioether (sulfide) groups is 1. The van der Waals surface area contributed by atoms with Gasteiger partial charge in [0.05, 0.1) is 6.61 Å². The van der Waals surface area contributed by atoms with Crippen molar-refractivity contribution in [2.75, 3.05) is 6.61 Å². The molecule has 2 aliphatic heterocycles. The number of hydrogen-bond donors (Lipinski definition) is 0. The van der Waals surface area contributed by atoms with E-state index >= 15 is 0 Å². The van der Waals surface area contributed by atoms with Crippen molar-refractivity contribution in [3.63, 3.8) is 0 Å². The van der Waals surface area contributed by atoms with Crippen LogP contribution in [0.4, 0.5) is 13.2 Å². The van der Waals surface area contributed by atoms with E-state index in [9.17, 15) is 18.0 Å². The molecule has 3 aliphatic rings. The standard InChI is InChI=1S/C18H15F3N2O2S/c1-10(24)23-18(6-7-25-16-5-3-12(20)9-14(16)18)26-17(22-23)13-8-11(19)2-4-15(13)21/h2-5,8-9,11,15H,6-7H2,1H3. The molecule has 8 heteroatoms. The van der Waals surface area contributed by atoms with Gasteiger partial charge in [0.1, 0.15) is 33.8 Å². The zero-order chi connectivity index (χ0) is 18.5. The lowest BCUT2D eigenvalue weighted by Crippen LogP contribution is -2.43. The molecular weight excluding hydrogens is 365 g/mol. The predicted octanol–water partition coefficient (Wildman–Crippen LogP) is 3.84. The topological polar surface area (TPSA) is 41.9 Å². The maximum absolute atomic E-state index is 14.3. The molecule has 0 N–H and O–H groups in total. The van der Waals surface area contributed by atoms with E-state index < -0.39 is 23.0 Å². The molecule has 1 aliphatic carbocycles. The summed E-state index contributed by atoms with van der Waals surface area (Å²) in [5, 5.41) is 5.73. The molecule has 1 amide bonds. The van der Waals surface area contributed by atoms with Gasteiger partial charge in [-0.3, -0.25) is 4.79 Å². The summed E-state index contributed by atoms with van der Waals surface area (Å²) in [7, 11) is 0. The van der Waals surface area contributed by atoms with Gasteiger partial charge in [0.25, 0.3) is 0 Å². The summed E-state index contributed by atoms with van der Waals surface area (Å²) in [6, 6.07) is 4.08. The van der Waals surface area contributed by atoms with Crippen LogP contribution in [0, 0.1) is 5.82 Å². The molecule has 1 spiro atoms. The molecule has 0 saturated heterocycles. The molecule has 3 atom stereocenters. The van der Waals surface area contributed by atoms with Crippen LogP contribution in [0.2, 0.25) is 0 Å². The van der Waals surface area contributed by atoms with E-state index in [-0.39, 0.29) is 16.5 Å². The Bertz CT molecular complexity index is 870. The Balaban J connectivity index is 1.81. The normalized spacial score (nSPS) is 29.9. The van der Waals surface area contributed by atoms with Crippen molar-refractivity contribution in [1.29, 1.82) is 0 Å². The van der Waals surface area contributed by atoms with Crippen molar-refractivity contribution >= 4 is 22.7 Å². The van der Waals surface area contributed by atoms with Crippen LogP contribution >= 0.6 is 11.8 Å². The average molecular weight is 380 g/mol. The van der Waals surface area contributed by atoms with E-state index in [1.807, 2.05) is 0 Å². The van der Waals surface area contributed by atoms with Crippen LogP contribution in [-0.2, 0) is 9.67 Å². The fraction of sp³-hybridized carbons (Fsp3) is 0.333. The van der Waals surface area contributed by atoms with Crippen LogP contribution in [0.5, 0.6) is 5.75 Å². The van der Waals surface area contributed by atoms with Gasteiger partial charge in [-0.15, -0.1) is 0 Å². The van der Waals surface area contributed by atoms with Gasteiger partial charge in [0.2, 0.25) is 5.91 Å². The summed E-state index contributed by atoms with van der Waals surface area (Å²) in [6.07, 6.45) is 0.834. The minimum absolute atomic E-state index is 0.0811. The minimum Gasteiger partial charge on any atom is -0.493 e. The van der Waals surface area contributed by atoms with E-state index in [0.717, 1.165) is 30.0 Å². The first kappa shape index (κ1) is 17.2. The zero-order valence-corrected chi connectivity index (χ0v) is 14.6. The summed E-state index contributed by atoms with van der Waals surface area (Å²) in [6.45, 7) is 1.63. The quantitative estimate of drug-likeness (QED) is 0.695. The number of benzene rings is 1. The van der Waals surface area contributed by atoms with Crippen molar-refractivity contribution in [2.24, 2.45) is 5.10 Å². The Labute approximate surface area is 152 Å². The molecule has 1 aromatic rings. The smallest absolute Gasteiger partial charge is 0.241 e. The Morgan fingerprint density at radius 1 is 1.38 bits per heavy atom. The lowest BCUT2D eigenvalue weighted by Gasteiger charge is -2.39. The minimum atomic E-state index is -1.51. The highest BCUT2D eigenvalue weighted by molar-refractivity contribution is 8.15. The van der Waals surface area contributed by atoms with Gasteiger partial charge in [0.15, 0.2) is 0 Å². The Hall–Kier alpha value is -2.22. The lowest BCUT2D eigenvalue weighted by atomic mass is 9.98. The highest BCUT2D eigenvalue weighted by atomic mass is 32.2. The van der Waals surface area contributed by atoms with Gasteiger partial charge in [0, 0.05) is 24.5 Å². The average Bonchev–Trinajstić information content (AvgIpc) is 2.98. The van der Waals surface area contributed by atoms with E-state index in [2.05, 4.69) is 5.10 Å². The number of hydrazone groups is 1. The monoisotopic (exact) mass is 380 g/mol. The van der Waals surface area contributed by atoms with Crippen LogP contribution in [-0.4, -0.2) is 34.9 Å². The summed E-state index contributed by atoms with van der Waals surface area (Å²) in [4.78, 5) is 11.2. The first-order valence-electron chi connectivity index (χ1n) is 8.10. The molecule has 3 unspecified atom stereocenters. The number of halogens is 3. The highest BCUT2D eigenvalue weighted by Gasteiger charge is 2.51. The van der Waals surface area contributed by atoms with Crippen molar-refractivity contribution in [3.8, 4) is 5.75 Å². The molecule has 0 fully saturated rings. The van der Waals surface area contributed by atoms with E-state index in [1.165, 1.54) is 30.1 Å². The lowest BCUT2D eigenvalue weighted by molar-refractivity contribution is -0.132. The number of carbonyl (C=O) groups excluding carboxylic acids is 1. The number of amides is 1. The van der Waals surface area contributed by atoms with Crippen molar-refractivity contribution < 1.29 is 22.7 Å². The zero-order valence-electron chi connectivity index (χ0n) is 13.8. The summed E-state index contributed by atoms with van der Waals surface area (Å²) >= 11 is 1.13. The number of ether oxygens (including phenoxy) is 1. The Morgan fingerprint density at radius 2 is 2.19 bits per heavy atom. The van der Waals surface area contributed by atoms with Gasteiger partial charge in [-0.05, 0) is 36.4 Å². The molecule has 0 saturated carbocycles. The number of fused-ring (bicyclic) bond motifs is 2. The van der Waals surface area contributed by atoms with Crippen LogP contribution in [0.25, 0.3) is 0 Å². The van der Waals surface area contributed by atoms with Crippen LogP contribution in [0.15, 0.2) is 47.1 Å². The van der Waals surface area contributed by atoms with Gasteiger partial charge < -0.3 is 4.74 Å². The van der Waals surface area contributed by atoms with Gasteiger partial charge in [-0.2, -0.15) is 5.10 Å².